The lowest BCUT2D eigenvalue weighted by Gasteiger charge is -2.20. The first-order valence-corrected chi connectivity index (χ1v) is 7.08. The molecule has 22 heavy (non-hydrogen) atoms. The van der Waals surface area contributed by atoms with Crippen LogP contribution in [0.25, 0.3) is 11.4 Å². The number of carbonyl (C=O) groups excluding carboxylic acids is 1. The van der Waals surface area contributed by atoms with Crippen LogP contribution < -0.4 is 5.32 Å². The molecule has 0 aliphatic rings. The fourth-order valence-electron chi connectivity index (χ4n) is 1.84. The summed E-state index contributed by atoms with van der Waals surface area (Å²) < 4.78 is 1.66. The summed E-state index contributed by atoms with van der Waals surface area (Å²) in [6, 6.07) is 7.37. The van der Waals surface area contributed by atoms with E-state index in [-0.39, 0.29) is 6.03 Å². The molecule has 0 aliphatic carbocycles. The molecule has 0 radical (unpaired) electrons. The monoisotopic (exact) mass is 302 g/mol. The van der Waals surface area contributed by atoms with Crippen molar-refractivity contribution in [3.8, 4) is 11.4 Å². The number of urea groups is 1. The summed E-state index contributed by atoms with van der Waals surface area (Å²) in [5, 5.41) is 7.12. The smallest absolute Gasteiger partial charge is 0.321 e. The number of amides is 2. The Balaban J connectivity index is 1.95. The first-order chi connectivity index (χ1) is 10.5. The van der Waals surface area contributed by atoms with E-state index in [4.69, 9.17) is 0 Å². The highest BCUT2D eigenvalue weighted by Gasteiger charge is 2.09. The molecule has 2 rings (SSSR count). The summed E-state index contributed by atoms with van der Waals surface area (Å²) in [5.74, 6) is 0.670. The summed E-state index contributed by atoms with van der Waals surface area (Å²) in [4.78, 5) is 19.9. The number of anilines is 1. The second-order valence-electron chi connectivity index (χ2n) is 5.47. The molecule has 0 atom stereocenters. The minimum atomic E-state index is -0.120. The molecule has 0 saturated carbocycles. The van der Waals surface area contributed by atoms with Crippen molar-refractivity contribution in [1.82, 2.24) is 24.6 Å². The van der Waals surface area contributed by atoms with Crippen LogP contribution in [-0.2, 0) is 7.05 Å². The van der Waals surface area contributed by atoms with E-state index in [1.807, 2.05) is 50.3 Å². The lowest BCUT2D eigenvalue weighted by Crippen LogP contribution is -2.36. The lowest BCUT2D eigenvalue weighted by molar-refractivity contribution is 0.217. The zero-order chi connectivity index (χ0) is 16.1. The van der Waals surface area contributed by atoms with Crippen LogP contribution >= 0.6 is 0 Å². The molecule has 2 amide bonds. The second-order valence-corrected chi connectivity index (χ2v) is 5.47. The quantitative estimate of drug-likeness (QED) is 0.909. The third kappa shape index (κ3) is 4.29. The van der Waals surface area contributed by atoms with Gasteiger partial charge in [-0.2, -0.15) is 5.10 Å². The number of nitrogens with one attached hydrogen (secondary N) is 1. The molecule has 0 unspecified atom stereocenters. The van der Waals surface area contributed by atoms with Gasteiger partial charge in [-0.1, -0.05) is 0 Å². The number of hydrogen-bond acceptors (Lipinski definition) is 4. The number of carbonyl (C=O) groups is 1. The molecule has 7 heteroatoms. The summed E-state index contributed by atoms with van der Waals surface area (Å²) in [5.41, 5.74) is 1.67. The van der Waals surface area contributed by atoms with E-state index in [2.05, 4.69) is 15.4 Å². The van der Waals surface area contributed by atoms with E-state index in [1.54, 1.807) is 23.0 Å². The molecule has 0 spiro atoms. The minimum Gasteiger partial charge on any atom is -0.326 e. The maximum atomic E-state index is 12.1. The Kier molecular flexibility index (Phi) is 5.11. The van der Waals surface area contributed by atoms with Gasteiger partial charge in [0.2, 0.25) is 0 Å². The number of aromatic nitrogens is 3. The molecular formula is C15H22N6O. The molecule has 2 aromatic rings. The van der Waals surface area contributed by atoms with E-state index in [0.717, 1.165) is 17.8 Å². The molecule has 7 nitrogen and oxygen atoms in total. The first-order valence-electron chi connectivity index (χ1n) is 7.08. The van der Waals surface area contributed by atoms with Crippen molar-refractivity contribution in [2.24, 2.45) is 7.05 Å². The van der Waals surface area contributed by atoms with E-state index < -0.39 is 0 Å². The molecule has 1 aromatic carbocycles. The third-order valence-electron chi connectivity index (χ3n) is 3.22. The van der Waals surface area contributed by atoms with Crippen molar-refractivity contribution < 1.29 is 4.79 Å². The standard InChI is InChI=1S/C15H22N6O/c1-19(2)9-10-20(3)15(22)17-13-7-5-12(6-8-13)14-16-11-21(4)18-14/h5-8,11H,9-10H2,1-4H3,(H,17,22). The highest BCUT2D eigenvalue weighted by Crippen LogP contribution is 2.17. The average molecular weight is 302 g/mol. The van der Waals surface area contributed by atoms with Gasteiger partial charge in [0.05, 0.1) is 0 Å². The van der Waals surface area contributed by atoms with Gasteiger partial charge in [-0.25, -0.2) is 9.78 Å². The van der Waals surface area contributed by atoms with E-state index in [1.165, 1.54) is 0 Å². The SMILES string of the molecule is CN(C)CCN(C)C(=O)Nc1ccc(-c2ncn(C)n2)cc1. The van der Waals surface area contributed by atoms with Gasteiger partial charge in [0.1, 0.15) is 6.33 Å². The maximum Gasteiger partial charge on any atom is 0.321 e. The Bertz CT molecular complexity index is 619. The highest BCUT2D eigenvalue weighted by molar-refractivity contribution is 5.89. The molecule has 1 heterocycles. The molecule has 1 aromatic heterocycles. The van der Waals surface area contributed by atoms with E-state index in [9.17, 15) is 4.79 Å². The zero-order valence-electron chi connectivity index (χ0n) is 13.4. The number of hydrogen-bond donors (Lipinski definition) is 1. The number of nitrogens with zero attached hydrogens (tertiary/aromatic N) is 5. The molecular weight excluding hydrogens is 280 g/mol. The summed E-state index contributed by atoms with van der Waals surface area (Å²) in [6.45, 7) is 1.50. The summed E-state index contributed by atoms with van der Waals surface area (Å²) in [7, 11) is 7.58. The topological polar surface area (TPSA) is 66.3 Å². The predicted octanol–water partition coefficient (Wildman–Crippen LogP) is 1.51. The molecule has 118 valence electrons. The number of rotatable bonds is 5. The van der Waals surface area contributed by atoms with Crippen LogP contribution in [0.4, 0.5) is 10.5 Å². The van der Waals surface area contributed by atoms with E-state index >= 15 is 0 Å². The Labute approximate surface area is 130 Å². The normalized spacial score (nSPS) is 10.8. The van der Waals surface area contributed by atoms with Crippen molar-refractivity contribution in [1.29, 1.82) is 0 Å². The van der Waals surface area contributed by atoms with Gasteiger partial charge in [-0.05, 0) is 38.4 Å². The molecule has 0 fully saturated rings. The van der Waals surface area contributed by atoms with Crippen molar-refractivity contribution >= 4 is 11.7 Å². The van der Waals surface area contributed by atoms with E-state index in [0.29, 0.717) is 12.4 Å². The Hall–Kier alpha value is -2.41. The van der Waals surface area contributed by atoms with Crippen LogP contribution in [0.2, 0.25) is 0 Å². The summed E-state index contributed by atoms with van der Waals surface area (Å²) >= 11 is 0. The number of likely N-dealkylation sites (N-methyl/N-ethyl adjacent to an activating group) is 2. The van der Waals surface area contributed by atoms with Gasteiger partial charge in [0, 0.05) is 38.4 Å². The van der Waals surface area contributed by atoms with Crippen LogP contribution in [0.1, 0.15) is 0 Å². The maximum absolute atomic E-state index is 12.1. The zero-order valence-corrected chi connectivity index (χ0v) is 13.4. The van der Waals surface area contributed by atoms with Crippen LogP contribution in [0.15, 0.2) is 30.6 Å². The van der Waals surface area contributed by atoms with Gasteiger partial charge in [0.15, 0.2) is 5.82 Å². The van der Waals surface area contributed by atoms with Crippen molar-refractivity contribution in [2.75, 3.05) is 39.5 Å². The van der Waals surface area contributed by atoms with Crippen LogP contribution in [0.3, 0.4) is 0 Å². The third-order valence-corrected chi connectivity index (χ3v) is 3.22. The van der Waals surface area contributed by atoms with Crippen LogP contribution in [0.5, 0.6) is 0 Å². The lowest BCUT2D eigenvalue weighted by atomic mass is 10.2. The molecule has 1 N–H and O–H groups in total. The molecule has 0 aliphatic heterocycles. The van der Waals surface area contributed by atoms with Crippen molar-refractivity contribution in [2.45, 2.75) is 0 Å². The number of aryl methyl sites for hydroxylation is 1. The minimum absolute atomic E-state index is 0.120. The van der Waals surface area contributed by atoms with Gasteiger partial charge < -0.3 is 15.1 Å². The fraction of sp³-hybridized carbons (Fsp3) is 0.400. The van der Waals surface area contributed by atoms with Gasteiger partial charge in [-0.3, -0.25) is 4.68 Å². The van der Waals surface area contributed by atoms with Gasteiger partial charge in [0.25, 0.3) is 0 Å². The van der Waals surface area contributed by atoms with Gasteiger partial charge in [-0.15, -0.1) is 0 Å². The second kappa shape index (κ2) is 7.04. The van der Waals surface area contributed by atoms with Crippen molar-refractivity contribution in [3.63, 3.8) is 0 Å². The Morgan fingerprint density at radius 3 is 2.41 bits per heavy atom. The highest BCUT2D eigenvalue weighted by atomic mass is 16.2. The fourth-order valence-corrected chi connectivity index (χ4v) is 1.84. The van der Waals surface area contributed by atoms with Crippen LogP contribution in [-0.4, -0.2) is 64.8 Å². The number of benzene rings is 1. The van der Waals surface area contributed by atoms with Crippen molar-refractivity contribution in [3.05, 3.63) is 30.6 Å². The molecule has 0 saturated heterocycles. The Morgan fingerprint density at radius 1 is 1.18 bits per heavy atom. The summed E-state index contributed by atoms with van der Waals surface area (Å²) in [6.07, 6.45) is 1.66. The Morgan fingerprint density at radius 2 is 1.86 bits per heavy atom. The average Bonchev–Trinajstić information content (AvgIpc) is 2.92. The predicted molar refractivity (Wildman–Crippen MR) is 86.6 cm³/mol. The van der Waals surface area contributed by atoms with Crippen LogP contribution in [0, 0.1) is 0 Å². The first kappa shape index (κ1) is 16.0. The molecule has 0 bridgehead atoms. The van der Waals surface area contributed by atoms with Gasteiger partial charge >= 0.3 is 6.03 Å². The largest absolute Gasteiger partial charge is 0.326 e.